The van der Waals surface area contributed by atoms with E-state index in [1.54, 1.807) is 18.3 Å². The van der Waals surface area contributed by atoms with E-state index in [4.69, 9.17) is 23.1 Å². The van der Waals surface area contributed by atoms with Gasteiger partial charge in [-0.1, -0.05) is 24.6 Å². The van der Waals surface area contributed by atoms with Crippen LogP contribution in [0.4, 0.5) is 15.9 Å². The van der Waals surface area contributed by atoms with Gasteiger partial charge in [-0.25, -0.2) is 9.37 Å². The molecule has 0 fully saturated rings. The number of nitrogens with zero attached hydrogens (tertiary/aromatic N) is 1. The Morgan fingerprint density at radius 3 is 2.77 bits per heavy atom. The molecule has 0 spiro atoms. The summed E-state index contributed by atoms with van der Waals surface area (Å²) in [5, 5.41) is 5.68. The lowest BCUT2D eigenvalue weighted by atomic mass is 9.99. The number of hydrogen-bond acceptors (Lipinski definition) is 4. The summed E-state index contributed by atoms with van der Waals surface area (Å²) in [6.45, 7) is 2.69. The van der Waals surface area contributed by atoms with Crippen LogP contribution < -0.4 is 16.8 Å². The van der Waals surface area contributed by atoms with Crippen LogP contribution in [-0.2, 0) is 0 Å². The first-order chi connectivity index (χ1) is 12.5. The van der Waals surface area contributed by atoms with Gasteiger partial charge in [-0.2, -0.15) is 0 Å². The maximum atomic E-state index is 14.4. The van der Waals surface area contributed by atoms with Crippen molar-refractivity contribution in [2.24, 2.45) is 5.73 Å². The van der Waals surface area contributed by atoms with Crippen LogP contribution in [0.3, 0.4) is 0 Å². The van der Waals surface area contributed by atoms with Crippen molar-refractivity contribution < 1.29 is 4.39 Å². The SMILES string of the molecule is CCC(CCN)Nc1cc(-c2c(F)cccc2Cl)cc2cnc(N)cc12. The minimum atomic E-state index is -0.361. The van der Waals surface area contributed by atoms with E-state index in [1.165, 1.54) is 6.07 Å². The van der Waals surface area contributed by atoms with Crippen molar-refractivity contribution in [3.8, 4) is 11.1 Å². The smallest absolute Gasteiger partial charge is 0.132 e. The average Bonchev–Trinajstić information content (AvgIpc) is 2.61. The number of aromatic nitrogens is 1. The first kappa shape index (κ1) is 18.4. The largest absolute Gasteiger partial charge is 0.384 e. The third kappa shape index (κ3) is 3.74. The van der Waals surface area contributed by atoms with Gasteiger partial charge >= 0.3 is 0 Å². The molecule has 4 nitrogen and oxygen atoms in total. The van der Waals surface area contributed by atoms with Crippen molar-refractivity contribution in [2.45, 2.75) is 25.8 Å². The summed E-state index contributed by atoms with van der Waals surface area (Å²) in [6.07, 6.45) is 3.45. The Balaban J connectivity index is 2.19. The molecule has 0 radical (unpaired) electrons. The van der Waals surface area contributed by atoms with Gasteiger partial charge in [0.05, 0.1) is 5.02 Å². The minimum absolute atomic E-state index is 0.212. The molecule has 0 aliphatic carbocycles. The molecule has 5 N–H and O–H groups in total. The fourth-order valence-electron chi connectivity index (χ4n) is 3.11. The zero-order chi connectivity index (χ0) is 18.7. The lowest BCUT2D eigenvalue weighted by Gasteiger charge is -2.20. The summed E-state index contributed by atoms with van der Waals surface area (Å²) in [4.78, 5) is 4.17. The van der Waals surface area contributed by atoms with Crippen LogP contribution in [0.2, 0.25) is 5.02 Å². The van der Waals surface area contributed by atoms with Gasteiger partial charge in [0.1, 0.15) is 11.6 Å². The second-order valence-electron chi connectivity index (χ2n) is 6.28. The Kier molecular flexibility index (Phi) is 5.59. The highest BCUT2D eigenvalue weighted by Crippen LogP contribution is 2.36. The molecule has 3 rings (SSSR count). The number of nitrogen functional groups attached to an aromatic ring is 1. The lowest BCUT2D eigenvalue weighted by Crippen LogP contribution is -2.22. The molecule has 0 saturated heterocycles. The quantitative estimate of drug-likeness (QED) is 0.580. The summed E-state index contributed by atoms with van der Waals surface area (Å²) in [5.74, 6) is 0.0734. The van der Waals surface area contributed by atoms with Gasteiger partial charge in [0, 0.05) is 34.3 Å². The van der Waals surface area contributed by atoms with Gasteiger partial charge in [0.25, 0.3) is 0 Å². The maximum absolute atomic E-state index is 14.4. The maximum Gasteiger partial charge on any atom is 0.132 e. The Morgan fingerprint density at radius 1 is 1.27 bits per heavy atom. The molecule has 1 atom stereocenters. The molecule has 0 bridgehead atoms. The van der Waals surface area contributed by atoms with Gasteiger partial charge in [0.2, 0.25) is 0 Å². The molecule has 1 unspecified atom stereocenters. The Hall–Kier alpha value is -2.37. The number of rotatable bonds is 6. The van der Waals surface area contributed by atoms with Crippen LogP contribution in [0.5, 0.6) is 0 Å². The molecule has 1 heterocycles. The first-order valence-electron chi connectivity index (χ1n) is 8.63. The van der Waals surface area contributed by atoms with E-state index in [9.17, 15) is 4.39 Å². The van der Waals surface area contributed by atoms with Gasteiger partial charge in [-0.05, 0) is 55.3 Å². The van der Waals surface area contributed by atoms with E-state index < -0.39 is 0 Å². The summed E-state index contributed by atoms with van der Waals surface area (Å²) >= 11 is 6.26. The summed E-state index contributed by atoms with van der Waals surface area (Å²) in [6, 6.07) is 10.5. The van der Waals surface area contributed by atoms with Crippen LogP contribution in [0.15, 0.2) is 42.6 Å². The highest BCUT2D eigenvalue weighted by atomic mass is 35.5. The Morgan fingerprint density at radius 2 is 2.08 bits per heavy atom. The highest BCUT2D eigenvalue weighted by molar-refractivity contribution is 6.33. The molecular weight excluding hydrogens is 351 g/mol. The van der Waals surface area contributed by atoms with Crippen LogP contribution in [0, 0.1) is 5.82 Å². The fourth-order valence-corrected chi connectivity index (χ4v) is 3.38. The van der Waals surface area contributed by atoms with E-state index in [0.29, 0.717) is 28.5 Å². The Bertz CT molecular complexity index is 909. The normalized spacial score (nSPS) is 12.3. The second kappa shape index (κ2) is 7.89. The molecule has 0 saturated carbocycles. The van der Waals surface area contributed by atoms with Crippen molar-refractivity contribution in [3.05, 3.63) is 53.4 Å². The zero-order valence-electron chi connectivity index (χ0n) is 14.6. The zero-order valence-corrected chi connectivity index (χ0v) is 15.4. The molecule has 6 heteroatoms. The Labute approximate surface area is 157 Å². The van der Waals surface area contributed by atoms with Gasteiger partial charge in [-0.15, -0.1) is 0 Å². The monoisotopic (exact) mass is 372 g/mol. The molecule has 2 aromatic carbocycles. The number of nitrogens with two attached hydrogens (primary N) is 2. The number of pyridine rings is 1. The number of fused-ring (bicyclic) bond motifs is 1. The molecule has 0 aliphatic heterocycles. The third-order valence-corrected chi connectivity index (χ3v) is 4.79. The van der Waals surface area contributed by atoms with Crippen LogP contribution in [0.25, 0.3) is 21.9 Å². The lowest BCUT2D eigenvalue weighted by molar-refractivity contribution is 0.631. The molecule has 1 aromatic heterocycles. The standard InChI is InChI=1S/C20H22ClFN4/c1-2-14(6-7-23)26-18-9-12(20-16(21)4-3-5-17(20)22)8-13-11-25-19(24)10-15(13)18/h3-5,8-11,14,26H,2,6-7,23H2,1H3,(H2,24,25). The molecule has 136 valence electrons. The van der Waals surface area contributed by atoms with Crippen molar-refractivity contribution in [3.63, 3.8) is 0 Å². The predicted molar refractivity (Wildman–Crippen MR) is 108 cm³/mol. The highest BCUT2D eigenvalue weighted by Gasteiger charge is 2.15. The van der Waals surface area contributed by atoms with E-state index in [0.717, 1.165) is 29.3 Å². The molecule has 0 aliphatic rings. The van der Waals surface area contributed by atoms with E-state index in [2.05, 4.69) is 17.2 Å². The molecule has 3 aromatic rings. The number of halogens is 2. The summed E-state index contributed by atoms with van der Waals surface area (Å²) in [7, 11) is 0. The number of benzene rings is 2. The van der Waals surface area contributed by atoms with Gasteiger partial charge in [-0.3, -0.25) is 0 Å². The van der Waals surface area contributed by atoms with Crippen molar-refractivity contribution >= 4 is 33.9 Å². The van der Waals surface area contributed by atoms with Crippen LogP contribution in [-0.4, -0.2) is 17.6 Å². The van der Waals surface area contributed by atoms with E-state index in [1.807, 2.05) is 18.2 Å². The third-order valence-electron chi connectivity index (χ3n) is 4.48. The number of nitrogens with one attached hydrogen (secondary N) is 1. The number of anilines is 2. The van der Waals surface area contributed by atoms with Gasteiger partial charge < -0.3 is 16.8 Å². The van der Waals surface area contributed by atoms with Crippen LogP contribution >= 0.6 is 11.6 Å². The number of hydrogen-bond donors (Lipinski definition) is 3. The summed E-state index contributed by atoms with van der Waals surface area (Å²) < 4.78 is 14.4. The van der Waals surface area contributed by atoms with Crippen LogP contribution in [0.1, 0.15) is 19.8 Å². The predicted octanol–water partition coefficient (Wildman–Crippen LogP) is 4.82. The first-order valence-corrected chi connectivity index (χ1v) is 9.01. The topological polar surface area (TPSA) is 77.0 Å². The second-order valence-corrected chi connectivity index (χ2v) is 6.68. The average molecular weight is 373 g/mol. The van der Waals surface area contributed by atoms with Crippen molar-refractivity contribution in [2.75, 3.05) is 17.6 Å². The van der Waals surface area contributed by atoms with E-state index >= 15 is 0 Å². The fraction of sp³-hybridized carbons (Fsp3) is 0.250. The van der Waals surface area contributed by atoms with Gasteiger partial charge in [0.15, 0.2) is 0 Å². The summed E-state index contributed by atoms with van der Waals surface area (Å²) in [5.41, 5.74) is 13.5. The molecule has 0 amide bonds. The molecular formula is C20H22ClFN4. The minimum Gasteiger partial charge on any atom is -0.384 e. The molecule has 26 heavy (non-hydrogen) atoms. The van der Waals surface area contributed by atoms with Crippen molar-refractivity contribution in [1.29, 1.82) is 0 Å². The van der Waals surface area contributed by atoms with E-state index in [-0.39, 0.29) is 11.9 Å². The van der Waals surface area contributed by atoms with Crippen molar-refractivity contribution in [1.82, 2.24) is 4.98 Å².